The summed E-state index contributed by atoms with van der Waals surface area (Å²) in [7, 11) is 0. The Bertz CT molecular complexity index is 1260. The van der Waals surface area contributed by atoms with Gasteiger partial charge in [0.25, 0.3) is 5.91 Å². The first kappa shape index (κ1) is 23.4. The van der Waals surface area contributed by atoms with Gasteiger partial charge in [0.2, 0.25) is 0 Å². The fraction of sp³-hybridized carbons (Fsp3) is 0.296. The Kier molecular flexibility index (Phi) is 7.03. The molecule has 3 heterocycles. The van der Waals surface area contributed by atoms with Crippen LogP contribution in [0.1, 0.15) is 35.5 Å². The zero-order valence-electron chi connectivity index (χ0n) is 19.9. The van der Waals surface area contributed by atoms with Crippen molar-refractivity contribution >= 4 is 22.4 Å². The van der Waals surface area contributed by atoms with Crippen LogP contribution in [0.25, 0.3) is 11.1 Å². The molecule has 0 saturated carbocycles. The van der Waals surface area contributed by atoms with Crippen LogP contribution in [0.3, 0.4) is 0 Å². The van der Waals surface area contributed by atoms with Crippen molar-refractivity contribution in [2.75, 3.05) is 18.4 Å². The monoisotopic (exact) mass is 487 g/mol. The van der Waals surface area contributed by atoms with E-state index in [0.29, 0.717) is 17.2 Å². The van der Waals surface area contributed by atoms with Gasteiger partial charge in [-0.2, -0.15) is 5.10 Å². The zero-order valence-corrected chi connectivity index (χ0v) is 20.7. The third kappa shape index (κ3) is 5.85. The number of anilines is 1. The number of benzene rings is 2. The van der Waals surface area contributed by atoms with Crippen LogP contribution in [-0.2, 0) is 17.8 Å². The molecule has 1 aliphatic heterocycles. The summed E-state index contributed by atoms with van der Waals surface area (Å²) >= 11 is 1.46. The highest BCUT2D eigenvalue weighted by Crippen LogP contribution is 2.26. The molecule has 0 aliphatic carbocycles. The maximum absolute atomic E-state index is 13.2. The highest BCUT2D eigenvalue weighted by atomic mass is 32.1. The number of morpholine rings is 1. The Labute approximate surface area is 209 Å². The van der Waals surface area contributed by atoms with Crippen LogP contribution in [0.2, 0.25) is 0 Å². The normalized spacial score (nSPS) is 18.5. The molecule has 1 N–H and O–H groups in total. The Hall–Kier alpha value is -3.33. The van der Waals surface area contributed by atoms with Crippen LogP contribution < -0.4 is 5.32 Å². The molecule has 2 unspecified atom stereocenters. The number of amides is 1. The Morgan fingerprint density at radius 2 is 1.83 bits per heavy atom. The van der Waals surface area contributed by atoms with Gasteiger partial charge in [0.05, 0.1) is 24.4 Å². The van der Waals surface area contributed by atoms with Gasteiger partial charge in [-0.25, -0.2) is 4.98 Å². The maximum atomic E-state index is 13.2. The van der Waals surface area contributed by atoms with E-state index in [0.717, 1.165) is 42.0 Å². The molecule has 1 saturated heterocycles. The minimum absolute atomic E-state index is 0.157. The van der Waals surface area contributed by atoms with Crippen molar-refractivity contribution in [3.05, 3.63) is 89.2 Å². The van der Waals surface area contributed by atoms with E-state index in [1.165, 1.54) is 11.3 Å². The summed E-state index contributed by atoms with van der Waals surface area (Å²) in [6, 6.07) is 17.8. The Morgan fingerprint density at radius 1 is 1.06 bits per heavy atom. The van der Waals surface area contributed by atoms with Crippen LogP contribution in [0.4, 0.5) is 5.13 Å². The van der Waals surface area contributed by atoms with Crippen molar-refractivity contribution in [3.8, 4) is 11.1 Å². The number of rotatable bonds is 7. The van der Waals surface area contributed by atoms with Gasteiger partial charge in [-0.1, -0.05) is 42.5 Å². The van der Waals surface area contributed by atoms with Gasteiger partial charge in [-0.15, -0.1) is 11.3 Å². The lowest BCUT2D eigenvalue weighted by molar-refractivity contribution is -0.0707. The quantitative estimate of drug-likeness (QED) is 0.401. The fourth-order valence-corrected chi connectivity index (χ4v) is 5.24. The molecule has 180 valence electrons. The lowest BCUT2D eigenvalue weighted by Gasteiger charge is -2.34. The van der Waals surface area contributed by atoms with Gasteiger partial charge >= 0.3 is 0 Å². The predicted molar refractivity (Wildman–Crippen MR) is 139 cm³/mol. The molecule has 8 heteroatoms. The first-order chi connectivity index (χ1) is 17.0. The lowest BCUT2D eigenvalue weighted by atomic mass is 9.98. The second-order valence-corrected chi connectivity index (χ2v) is 9.85. The average Bonchev–Trinajstić information content (AvgIpc) is 3.51. The molecular formula is C27H29N5O2S. The van der Waals surface area contributed by atoms with Gasteiger partial charge in [0, 0.05) is 43.0 Å². The molecule has 1 amide bonds. The van der Waals surface area contributed by atoms with Crippen LogP contribution >= 0.6 is 11.3 Å². The summed E-state index contributed by atoms with van der Waals surface area (Å²) in [6.45, 7) is 7.44. The summed E-state index contributed by atoms with van der Waals surface area (Å²) in [4.78, 5) is 20.2. The number of nitrogens with zero attached hydrogens (tertiary/aromatic N) is 4. The largest absolute Gasteiger partial charge is 0.373 e. The molecule has 2 atom stereocenters. The van der Waals surface area contributed by atoms with Gasteiger partial charge < -0.3 is 4.74 Å². The van der Waals surface area contributed by atoms with Gasteiger partial charge in [0.15, 0.2) is 5.13 Å². The first-order valence-electron chi connectivity index (χ1n) is 11.8. The molecule has 2 aromatic carbocycles. The topological polar surface area (TPSA) is 72.3 Å². The number of carbonyl (C=O) groups is 1. The number of hydrogen-bond donors (Lipinski definition) is 1. The highest BCUT2D eigenvalue weighted by Gasteiger charge is 2.23. The second kappa shape index (κ2) is 10.5. The SMILES string of the molecule is CC1CN(Cc2csc(NC(=O)c3ccccc3-c3ccc(Cn4cccn4)cc3)n2)CC(C)O1. The second-order valence-electron chi connectivity index (χ2n) is 9.00. The Balaban J connectivity index is 1.26. The summed E-state index contributed by atoms with van der Waals surface area (Å²) < 4.78 is 7.71. The van der Waals surface area contributed by atoms with Gasteiger partial charge in [-0.3, -0.25) is 19.7 Å². The first-order valence-corrected chi connectivity index (χ1v) is 12.7. The molecule has 35 heavy (non-hydrogen) atoms. The molecule has 1 aliphatic rings. The molecule has 1 fully saturated rings. The Morgan fingerprint density at radius 3 is 2.57 bits per heavy atom. The fourth-order valence-electron chi connectivity index (χ4n) is 4.55. The average molecular weight is 488 g/mol. The third-order valence-electron chi connectivity index (χ3n) is 5.99. The lowest BCUT2D eigenvalue weighted by Crippen LogP contribution is -2.44. The maximum Gasteiger partial charge on any atom is 0.258 e. The van der Waals surface area contributed by atoms with Gasteiger partial charge in [0.1, 0.15) is 0 Å². The molecule has 5 rings (SSSR count). The minimum atomic E-state index is -0.157. The molecule has 2 aromatic heterocycles. The van der Waals surface area contributed by atoms with Gasteiger partial charge in [-0.05, 0) is 42.7 Å². The van der Waals surface area contributed by atoms with E-state index in [1.54, 1.807) is 6.20 Å². The van der Waals surface area contributed by atoms with E-state index in [2.05, 4.69) is 58.4 Å². The molecule has 7 nitrogen and oxygen atoms in total. The van der Waals surface area contributed by atoms with E-state index in [1.807, 2.05) is 46.6 Å². The van der Waals surface area contributed by atoms with Crippen LogP contribution in [0.15, 0.2) is 72.4 Å². The standard InChI is InChI=1S/C27H29N5O2S/c1-19-14-31(15-20(2)34-19)17-23-18-35-27(29-23)30-26(33)25-7-4-3-6-24(25)22-10-8-21(9-11-22)16-32-13-5-12-28-32/h3-13,18-20H,14-17H2,1-2H3,(H,29,30,33). The molecule has 0 radical (unpaired) electrons. The minimum Gasteiger partial charge on any atom is -0.373 e. The van der Waals surface area contributed by atoms with Crippen molar-refractivity contribution in [2.45, 2.75) is 39.1 Å². The highest BCUT2D eigenvalue weighted by molar-refractivity contribution is 7.14. The summed E-state index contributed by atoms with van der Waals surface area (Å²) in [5, 5.41) is 9.89. The summed E-state index contributed by atoms with van der Waals surface area (Å²) in [5.41, 5.74) is 4.63. The smallest absolute Gasteiger partial charge is 0.258 e. The zero-order chi connectivity index (χ0) is 24.2. The molecule has 0 bridgehead atoms. The molecule has 4 aromatic rings. The third-order valence-corrected chi connectivity index (χ3v) is 6.80. The summed E-state index contributed by atoms with van der Waals surface area (Å²) in [5.74, 6) is -0.157. The van der Waals surface area contributed by atoms with E-state index >= 15 is 0 Å². The van der Waals surface area contributed by atoms with Crippen molar-refractivity contribution in [3.63, 3.8) is 0 Å². The van der Waals surface area contributed by atoms with E-state index in [9.17, 15) is 4.79 Å². The van der Waals surface area contributed by atoms with E-state index in [-0.39, 0.29) is 18.1 Å². The van der Waals surface area contributed by atoms with Crippen molar-refractivity contribution in [1.29, 1.82) is 0 Å². The number of thiazole rings is 1. The van der Waals surface area contributed by atoms with Crippen molar-refractivity contribution in [1.82, 2.24) is 19.7 Å². The number of carbonyl (C=O) groups excluding carboxylic acids is 1. The summed E-state index contributed by atoms with van der Waals surface area (Å²) in [6.07, 6.45) is 4.15. The van der Waals surface area contributed by atoms with Crippen molar-refractivity contribution in [2.24, 2.45) is 0 Å². The van der Waals surface area contributed by atoms with E-state index < -0.39 is 0 Å². The molecule has 0 spiro atoms. The van der Waals surface area contributed by atoms with Crippen LogP contribution in [0, 0.1) is 0 Å². The van der Waals surface area contributed by atoms with E-state index in [4.69, 9.17) is 4.74 Å². The number of hydrogen-bond acceptors (Lipinski definition) is 6. The van der Waals surface area contributed by atoms with Crippen LogP contribution in [0.5, 0.6) is 0 Å². The number of ether oxygens (including phenoxy) is 1. The number of nitrogens with one attached hydrogen (secondary N) is 1. The number of aromatic nitrogens is 3. The van der Waals surface area contributed by atoms with Crippen molar-refractivity contribution < 1.29 is 9.53 Å². The van der Waals surface area contributed by atoms with Crippen LogP contribution in [-0.4, -0.2) is 50.9 Å². The molecular weight excluding hydrogens is 458 g/mol. The predicted octanol–water partition coefficient (Wildman–Crippen LogP) is 4.92.